The molecule has 2 aliphatic rings. The molecule has 0 spiro atoms. The fourth-order valence-corrected chi connectivity index (χ4v) is 6.22. The maximum Gasteiger partial charge on any atom is 0.308 e. The topological polar surface area (TPSA) is 132 Å². The van der Waals surface area contributed by atoms with Crippen LogP contribution in [0.2, 0.25) is 0 Å². The van der Waals surface area contributed by atoms with Gasteiger partial charge in [-0.1, -0.05) is 20.8 Å². The van der Waals surface area contributed by atoms with Crippen molar-refractivity contribution in [3.05, 3.63) is 0 Å². The monoisotopic (exact) mass is 546 g/mol. The van der Waals surface area contributed by atoms with Crippen molar-refractivity contribution in [3.63, 3.8) is 0 Å². The number of carbonyl (C=O) groups excluding carboxylic acids is 1. The average molecular weight is 547 g/mol. The standard InChI is InChI=1S/C28H54N2O8/c1-16-13-27(6,34)24(38-26-22(31)21(29(8)9)12-19(4)37-26)17(2)11-18(3)25(33)36-15-28(7,35)23(32)20(5)30(10)14-16/h16-24,26,31-32,34-35H,11-15H2,1-10H3/t16?,17?,18?,19-,20?,21+,22-,23?,24?,26+,27?,28?/m1/s1. The lowest BCUT2D eigenvalue weighted by Gasteiger charge is -2.46. The predicted octanol–water partition coefficient (Wildman–Crippen LogP) is 1.23. The second-order valence-electron chi connectivity index (χ2n) is 13.0. The molecule has 12 atom stereocenters. The van der Waals surface area contributed by atoms with Gasteiger partial charge in [-0.25, -0.2) is 0 Å². The van der Waals surface area contributed by atoms with Gasteiger partial charge in [0, 0.05) is 18.6 Å². The number of nitrogens with zero attached hydrogens (tertiary/aromatic N) is 2. The number of cyclic esters (lactones) is 1. The van der Waals surface area contributed by atoms with Gasteiger partial charge in [0.05, 0.1) is 23.7 Å². The molecule has 0 aliphatic carbocycles. The minimum Gasteiger partial charge on any atom is -0.462 e. The fourth-order valence-electron chi connectivity index (χ4n) is 6.22. The Kier molecular flexibility index (Phi) is 11.6. The number of esters is 1. The van der Waals surface area contributed by atoms with Gasteiger partial charge >= 0.3 is 5.97 Å². The molecule has 4 N–H and O–H groups in total. The molecule has 2 rings (SSSR count). The van der Waals surface area contributed by atoms with Crippen LogP contribution in [0.4, 0.5) is 0 Å². The maximum atomic E-state index is 12.9. The Balaban J connectivity index is 2.39. The molecule has 0 aromatic heterocycles. The van der Waals surface area contributed by atoms with Gasteiger partial charge in [0.25, 0.3) is 0 Å². The van der Waals surface area contributed by atoms with Gasteiger partial charge in [-0.3, -0.25) is 4.79 Å². The van der Waals surface area contributed by atoms with Crippen LogP contribution in [-0.2, 0) is 19.0 Å². The van der Waals surface area contributed by atoms with Crippen molar-refractivity contribution in [2.24, 2.45) is 17.8 Å². The van der Waals surface area contributed by atoms with Crippen molar-refractivity contribution in [2.45, 2.75) is 122 Å². The second kappa shape index (κ2) is 13.2. The summed E-state index contributed by atoms with van der Waals surface area (Å²) in [6.45, 7) is 12.8. The van der Waals surface area contributed by atoms with Crippen LogP contribution < -0.4 is 0 Å². The molecule has 10 nitrogen and oxygen atoms in total. The van der Waals surface area contributed by atoms with Gasteiger partial charge in [0.15, 0.2) is 6.29 Å². The number of aliphatic hydroxyl groups is 4. The molecule has 8 unspecified atom stereocenters. The third kappa shape index (κ3) is 8.33. The third-order valence-electron chi connectivity index (χ3n) is 8.47. The molecule has 0 radical (unpaired) electrons. The average Bonchev–Trinajstić information content (AvgIpc) is 2.80. The number of hydrogen-bond donors (Lipinski definition) is 4. The molecule has 2 aliphatic heterocycles. The summed E-state index contributed by atoms with van der Waals surface area (Å²) in [5, 5.41) is 44.7. The lowest BCUT2D eigenvalue weighted by atomic mass is 9.79. The molecule has 0 saturated carbocycles. The fraction of sp³-hybridized carbons (Fsp3) is 0.964. The Labute approximate surface area is 229 Å². The van der Waals surface area contributed by atoms with Gasteiger partial charge in [0.1, 0.15) is 24.4 Å². The smallest absolute Gasteiger partial charge is 0.308 e. The van der Waals surface area contributed by atoms with Gasteiger partial charge in [-0.15, -0.1) is 0 Å². The lowest BCUT2D eigenvalue weighted by Crippen LogP contribution is -2.58. The maximum absolute atomic E-state index is 12.9. The van der Waals surface area contributed by atoms with Crippen LogP contribution in [0.15, 0.2) is 0 Å². The minimum atomic E-state index is -1.62. The molecular weight excluding hydrogens is 492 g/mol. The lowest BCUT2D eigenvalue weighted by molar-refractivity contribution is -0.295. The Bertz CT molecular complexity index is 763. The molecule has 224 valence electrons. The summed E-state index contributed by atoms with van der Waals surface area (Å²) < 4.78 is 17.9. The van der Waals surface area contributed by atoms with Crippen molar-refractivity contribution in [3.8, 4) is 0 Å². The highest BCUT2D eigenvalue weighted by atomic mass is 16.7. The number of hydrogen-bond acceptors (Lipinski definition) is 10. The summed E-state index contributed by atoms with van der Waals surface area (Å²) in [4.78, 5) is 16.7. The highest BCUT2D eigenvalue weighted by Crippen LogP contribution is 2.35. The molecule has 2 saturated heterocycles. The van der Waals surface area contributed by atoms with E-state index in [1.807, 2.05) is 58.6 Å². The summed E-state index contributed by atoms with van der Waals surface area (Å²) in [6.07, 6.45) is -2.49. The van der Waals surface area contributed by atoms with Crippen molar-refractivity contribution in [2.75, 3.05) is 34.3 Å². The van der Waals surface area contributed by atoms with Gasteiger partial charge in [0.2, 0.25) is 0 Å². The van der Waals surface area contributed by atoms with Crippen molar-refractivity contribution in [1.29, 1.82) is 0 Å². The van der Waals surface area contributed by atoms with E-state index in [-0.39, 0.29) is 30.6 Å². The van der Waals surface area contributed by atoms with Crippen LogP contribution in [0.25, 0.3) is 0 Å². The molecule has 2 heterocycles. The highest BCUT2D eigenvalue weighted by Gasteiger charge is 2.46. The normalized spacial score (nSPS) is 47.3. The van der Waals surface area contributed by atoms with Crippen LogP contribution in [0.1, 0.15) is 67.7 Å². The van der Waals surface area contributed by atoms with Crippen LogP contribution >= 0.6 is 0 Å². The number of aliphatic hydroxyl groups excluding tert-OH is 2. The van der Waals surface area contributed by atoms with Crippen LogP contribution in [0.3, 0.4) is 0 Å². The van der Waals surface area contributed by atoms with Crippen LogP contribution in [0.5, 0.6) is 0 Å². The number of likely N-dealkylation sites (N-methyl/N-ethyl adjacent to an activating group) is 2. The first-order valence-electron chi connectivity index (χ1n) is 14.0. The number of ether oxygens (including phenoxy) is 3. The van der Waals surface area contributed by atoms with E-state index < -0.39 is 53.7 Å². The minimum absolute atomic E-state index is 0.000947. The van der Waals surface area contributed by atoms with Gasteiger partial charge in [-0.2, -0.15) is 0 Å². The van der Waals surface area contributed by atoms with E-state index >= 15 is 0 Å². The second-order valence-corrected chi connectivity index (χ2v) is 13.0. The molecule has 0 aromatic rings. The molecule has 38 heavy (non-hydrogen) atoms. The Hall–Kier alpha value is -0.850. The van der Waals surface area contributed by atoms with E-state index in [0.717, 1.165) is 0 Å². The van der Waals surface area contributed by atoms with Crippen LogP contribution in [-0.4, -0.2) is 124 Å². The van der Waals surface area contributed by atoms with E-state index in [1.54, 1.807) is 13.8 Å². The van der Waals surface area contributed by atoms with E-state index in [1.165, 1.54) is 6.92 Å². The first-order valence-corrected chi connectivity index (χ1v) is 14.0. The molecule has 0 bridgehead atoms. The molecular formula is C28H54N2O8. The summed E-state index contributed by atoms with van der Waals surface area (Å²) in [5.74, 6) is -1.34. The molecule has 10 heteroatoms. The molecule has 0 aromatic carbocycles. The van der Waals surface area contributed by atoms with Gasteiger partial charge < -0.3 is 44.4 Å². The zero-order chi connectivity index (χ0) is 29.2. The van der Waals surface area contributed by atoms with E-state index in [0.29, 0.717) is 25.8 Å². The van der Waals surface area contributed by atoms with Crippen molar-refractivity contribution in [1.82, 2.24) is 9.80 Å². The Morgan fingerprint density at radius 3 is 2.21 bits per heavy atom. The van der Waals surface area contributed by atoms with E-state index in [9.17, 15) is 25.2 Å². The predicted molar refractivity (Wildman–Crippen MR) is 144 cm³/mol. The number of rotatable bonds is 3. The third-order valence-corrected chi connectivity index (χ3v) is 8.47. The SMILES string of the molecule is CC1CN(C)C(C)C(O)C(C)(O)COC(=O)C(C)CC(C)C(O[C@@H]2O[C@H](C)C[C@H](N(C)C)[C@H]2O)C(C)(O)C1. The molecule has 2 fully saturated rings. The Morgan fingerprint density at radius 1 is 1.03 bits per heavy atom. The zero-order valence-corrected chi connectivity index (χ0v) is 25.1. The largest absolute Gasteiger partial charge is 0.462 e. The zero-order valence-electron chi connectivity index (χ0n) is 25.1. The summed E-state index contributed by atoms with van der Waals surface area (Å²) in [7, 11) is 5.67. The first-order chi connectivity index (χ1) is 17.4. The van der Waals surface area contributed by atoms with Crippen molar-refractivity contribution < 1.29 is 39.4 Å². The molecule has 0 amide bonds. The van der Waals surface area contributed by atoms with E-state index in [4.69, 9.17) is 14.2 Å². The first kappa shape index (κ1) is 33.4. The summed E-state index contributed by atoms with van der Waals surface area (Å²) >= 11 is 0. The summed E-state index contributed by atoms with van der Waals surface area (Å²) in [6, 6.07) is -0.590. The highest BCUT2D eigenvalue weighted by molar-refractivity contribution is 5.72. The Morgan fingerprint density at radius 2 is 1.63 bits per heavy atom. The van der Waals surface area contributed by atoms with Crippen LogP contribution in [0, 0.1) is 17.8 Å². The number of carbonyl (C=O) groups is 1. The quantitative estimate of drug-likeness (QED) is 0.383. The summed E-state index contributed by atoms with van der Waals surface area (Å²) in [5.41, 5.74) is -2.93. The van der Waals surface area contributed by atoms with E-state index in [2.05, 4.69) is 0 Å². The van der Waals surface area contributed by atoms with Crippen molar-refractivity contribution >= 4 is 5.97 Å². The van der Waals surface area contributed by atoms with Gasteiger partial charge in [-0.05, 0) is 79.9 Å².